The Labute approximate surface area is 238 Å². The molecule has 0 spiro atoms. The lowest BCUT2D eigenvalue weighted by molar-refractivity contribution is 0.169. The standard InChI is InChI=1S/C30H35ClFN7O/c1-6-35-30(4)12-11-25(29(30,2)3)38-27-21(28(33)37-23-14-20(32)8-9-22(23)31)16-36-39-17-19(13-24(27)39)18-7-10-26(40-5)34-15-18/h7-10,13-17,25,35,38H,6,11-12H2,1-5H3,(H2,33,37)/t25-,30+/m1/s1. The molecule has 1 aliphatic carbocycles. The van der Waals surface area contributed by atoms with Crippen molar-refractivity contribution in [3.63, 3.8) is 0 Å². The van der Waals surface area contributed by atoms with Gasteiger partial charge in [-0.1, -0.05) is 32.4 Å². The molecule has 1 fully saturated rings. The van der Waals surface area contributed by atoms with Crippen molar-refractivity contribution in [3.8, 4) is 17.0 Å². The molecule has 0 bridgehead atoms. The van der Waals surface area contributed by atoms with Gasteiger partial charge in [0.1, 0.15) is 11.7 Å². The lowest BCUT2D eigenvalue weighted by Gasteiger charge is -2.43. The van der Waals surface area contributed by atoms with Crippen molar-refractivity contribution in [2.45, 2.75) is 52.1 Å². The SMILES string of the molecule is CCN[C@@]1(C)CC[C@@H](Nc2c(C(N)=Nc3cc(F)ccc3Cl)cnn3cc(-c4ccc(OC)nc4)cc23)C1(C)C. The summed E-state index contributed by atoms with van der Waals surface area (Å²) in [5, 5.41) is 12.5. The summed E-state index contributed by atoms with van der Waals surface area (Å²) in [6, 6.07) is 9.99. The molecule has 40 heavy (non-hydrogen) atoms. The molecule has 8 nitrogen and oxygen atoms in total. The van der Waals surface area contributed by atoms with E-state index in [0.29, 0.717) is 16.5 Å². The number of nitrogens with zero attached hydrogens (tertiary/aromatic N) is 4. The summed E-state index contributed by atoms with van der Waals surface area (Å²) in [5.74, 6) is 0.286. The van der Waals surface area contributed by atoms with Gasteiger partial charge >= 0.3 is 0 Å². The van der Waals surface area contributed by atoms with Crippen molar-refractivity contribution < 1.29 is 9.13 Å². The highest BCUT2D eigenvalue weighted by Crippen LogP contribution is 2.47. The zero-order valence-electron chi connectivity index (χ0n) is 23.4. The van der Waals surface area contributed by atoms with Gasteiger partial charge in [0.15, 0.2) is 0 Å². The normalized spacial score (nSPS) is 20.7. The Kier molecular flexibility index (Phi) is 7.46. The minimum atomic E-state index is -0.442. The average Bonchev–Trinajstić information content (AvgIpc) is 3.46. The largest absolute Gasteiger partial charge is 0.481 e. The van der Waals surface area contributed by atoms with E-state index in [9.17, 15) is 4.39 Å². The molecule has 1 aliphatic rings. The monoisotopic (exact) mass is 563 g/mol. The summed E-state index contributed by atoms with van der Waals surface area (Å²) in [7, 11) is 1.59. The molecule has 4 aromatic rings. The topological polar surface area (TPSA) is 102 Å². The number of anilines is 1. The maximum atomic E-state index is 14.0. The third kappa shape index (κ3) is 4.99. The molecule has 4 N–H and O–H groups in total. The van der Waals surface area contributed by atoms with Gasteiger partial charge in [0.2, 0.25) is 5.88 Å². The van der Waals surface area contributed by atoms with Gasteiger partial charge in [-0.05, 0) is 50.6 Å². The predicted octanol–water partition coefficient (Wildman–Crippen LogP) is 6.20. The van der Waals surface area contributed by atoms with Crippen molar-refractivity contribution >= 4 is 34.3 Å². The second-order valence-electron chi connectivity index (χ2n) is 11.0. The zero-order valence-corrected chi connectivity index (χ0v) is 24.2. The van der Waals surface area contributed by atoms with E-state index in [1.807, 2.05) is 22.8 Å². The average molecular weight is 564 g/mol. The van der Waals surface area contributed by atoms with E-state index in [2.05, 4.69) is 59.5 Å². The van der Waals surface area contributed by atoms with Gasteiger partial charge in [-0.2, -0.15) is 5.10 Å². The Morgan fingerprint density at radius 1 is 1.20 bits per heavy atom. The number of benzene rings is 1. The van der Waals surface area contributed by atoms with E-state index in [0.717, 1.165) is 41.7 Å². The van der Waals surface area contributed by atoms with Crippen LogP contribution in [0, 0.1) is 11.2 Å². The molecule has 210 valence electrons. The zero-order chi connectivity index (χ0) is 28.7. The molecule has 2 atom stereocenters. The van der Waals surface area contributed by atoms with E-state index >= 15 is 0 Å². The fourth-order valence-corrected chi connectivity index (χ4v) is 5.79. The molecule has 3 aromatic heterocycles. The van der Waals surface area contributed by atoms with Gasteiger partial charge in [-0.3, -0.25) is 0 Å². The summed E-state index contributed by atoms with van der Waals surface area (Å²) in [5.41, 5.74) is 10.8. The Hall–Kier alpha value is -3.69. The van der Waals surface area contributed by atoms with Gasteiger partial charge in [0, 0.05) is 52.6 Å². The number of pyridine rings is 1. The highest BCUT2D eigenvalue weighted by molar-refractivity contribution is 6.33. The summed E-state index contributed by atoms with van der Waals surface area (Å²) in [4.78, 5) is 8.86. The third-order valence-corrected chi connectivity index (χ3v) is 8.77. The number of amidine groups is 1. The molecule has 0 aliphatic heterocycles. The smallest absolute Gasteiger partial charge is 0.212 e. The van der Waals surface area contributed by atoms with Crippen molar-refractivity contribution in [2.24, 2.45) is 16.1 Å². The number of hydrogen-bond donors (Lipinski definition) is 3. The number of fused-ring (bicyclic) bond motifs is 1. The predicted molar refractivity (Wildman–Crippen MR) is 159 cm³/mol. The lowest BCUT2D eigenvalue weighted by Crippen LogP contribution is -2.54. The van der Waals surface area contributed by atoms with Gasteiger partial charge in [-0.25, -0.2) is 18.9 Å². The number of halogens is 2. The number of aliphatic imine (C=N–C) groups is 1. The highest BCUT2D eigenvalue weighted by Gasteiger charge is 2.51. The van der Waals surface area contributed by atoms with Crippen LogP contribution in [0.2, 0.25) is 5.02 Å². The Morgan fingerprint density at radius 2 is 2.00 bits per heavy atom. The van der Waals surface area contributed by atoms with E-state index in [4.69, 9.17) is 22.1 Å². The second-order valence-corrected chi connectivity index (χ2v) is 11.4. The van der Waals surface area contributed by atoms with E-state index in [1.54, 1.807) is 19.5 Å². The number of rotatable bonds is 8. The van der Waals surface area contributed by atoms with E-state index in [1.165, 1.54) is 18.2 Å². The van der Waals surface area contributed by atoms with Crippen LogP contribution in [-0.2, 0) is 0 Å². The molecule has 0 radical (unpaired) electrons. The van der Waals surface area contributed by atoms with Crippen LogP contribution in [-0.4, -0.2) is 45.7 Å². The summed E-state index contributed by atoms with van der Waals surface area (Å²) >= 11 is 6.30. The highest BCUT2D eigenvalue weighted by atomic mass is 35.5. The molecule has 10 heteroatoms. The quantitative estimate of drug-likeness (QED) is 0.174. The first-order valence-corrected chi connectivity index (χ1v) is 13.8. The second kappa shape index (κ2) is 10.7. The van der Waals surface area contributed by atoms with Crippen LogP contribution in [0.3, 0.4) is 0 Å². The molecular formula is C30H35ClFN7O. The van der Waals surface area contributed by atoms with Crippen molar-refractivity contribution in [2.75, 3.05) is 19.0 Å². The summed E-state index contributed by atoms with van der Waals surface area (Å²) in [6.45, 7) is 9.89. The third-order valence-electron chi connectivity index (χ3n) is 8.45. The first-order valence-electron chi connectivity index (χ1n) is 13.4. The van der Waals surface area contributed by atoms with Gasteiger partial charge < -0.3 is 21.1 Å². The molecule has 3 heterocycles. The van der Waals surface area contributed by atoms with Crippen LogP contribution < -0.4 is 21.1 Å². The van der Waals surface area contributed by atoms with Crippen LogP contribution in [0.5, 0.6) is 5.88 Å². The number of aromatic nitrogens is 3. The van der Waals surface area contributed by atoms with Crippen LogP contribution in [0.15, 0.2) is 60.0 Å². The lowest BCUT2D eigenvalue weighted by atomic mass is 9.74. The first-order chi connectivity index (χ1) is 19.1. The molecule has 0 saturated heterocycles. The van der Waals surface area contributed by atoms with Crippen LogP contribution >= 0.6 is 11.6 Å². The summed E-state index contributed by atoms with van der Waals surface area (Å²) in [6.07, 6.45) is 7.39. The van der Waals surface area contributed by atoms with E-state index in [-0.39, 0.29) is 28.5 Å². The molecular weight excluding hydrogens is 529 g/mol. The van der Waals surface area contributed by atoms with Crippen molar-refractivity contribution in [1.82, 2.24) is 19.9 Å². The number of nitrogens with one attached hydrogen (secondary N) is 2. The van der Waals surface area contributed by atoms with Crippen LogP contribution in [0.4, 0.5) is 15.8 Å². The molecule has 1 aromatic carbocycles. The van der Waals surface area contributed by atoms with E-state index < -0.39 is 5.82 Å². The van der Waals surface area contributed by atoms with Gasteiger partial charge in [0.05, 0.1) is 40.8 Å². The van der Waals surface area contributed by atoms with Crippen molar-refractivity contribution in [3.05, 3.63) is 71.4 Å². The Morgan fingerprint density at radius 3 is 2.70 bits per heavy atom. The molecule has 0 amide bonds. The minimum Gasteiger partial charge on any atom is -0.481 e. The first kappa shape index (κ1) is 27.9. The number of nitrogens with two attached hydrogens (primary N) is 1. The Balaban J connectivity index is 1.63. The van der Waals surface area contributed by atoms with Crippen LogP contribution in [0.25, 0.3) is 16.6 Å². The minimum absolute atomic E-state index is 0.0421. The summed E-state index contributed by atoms with van der Waals surface area (Å²) < 4.78 is 21.0. The number of methoxy groups -OCH3 is 1. The molecule has 5 rings (SSSR count). The van der Waals surface area contributed by atoms with Crippen molar-refractivity contribution in [1.29, 1.82) is 0 Å². The number of ether oxygens (including phenoxy) is 1. The fourth-order valence-electron chi connectivity index (χ4n) is 5.63. The maximum absolute atomic E-state index is 14.0. The molecule has 1 saturated carbocycles. The van der Waals surface area contributed by atoms with Gasteiger partial charge in [-0.15, -0.1) is 0 Å². The maximum Gasteiger partial charge on any atom is 0.212 e. The Bertz CT molecular complexity index is 1570. The van der Waals surface area contributed by atoms with Gasteiger partial charge in [0.25, 0.3) is 0 Å². The molecule has 0 unspecified atom stereocenters. The number of hydrogen-bond acceptors (Lipinski definition) is 6. The fraction of sp³-hybridized carbons (Fsp3) is 0.367. The van der Waals surface area contributed by atoms with Crippen LogP contribution in [0.1, 0.15) is 46.1 Å².